The Labute approximate surface area is 132 Å². The minimum absolute atomic E-state index is 0.0943. The highest BCUT2D eigenvalue weighted by atomic mass is 35.5. The number of fused-ring (bicyclic) bond motifs is 1. The Bertz CT molecular complexity index is 802. The fourth-order valence-corrected chi connectivity index (χ4v) is 4.40. The minimum Gasteiger partial charge on any atom is -0.324 e. The number of halogens is 2. The largest absolute Gasteiger partial charge is 0.324 e. The predicted molar refractivity (Wildman–Crippen MR) is 81.1 cm³/mol. The molecule has 1 N–H and O–H groups in total. The SMILES string of the molecule is Cn1cnc(S(=O)(=O)NC2CCc3cc(Cl)ccc32)c1Cl. The molecule has 1 aromatic carbocycles. The zero-order valence-electron chi connectivity index (χ0n) is 11.2. The molecule has 0 radical (unpaired) electrons. The van der Waals surface area contributed by atoms with E-state index < -0.39 is 10.0 Å². The molecule has 1 aliphatic carbocycles. The molecule has 0 bridgehead atoms. The second kappa shape index (κ2) is 5.28. The maximum absolute atomic E-state index is 12.4. The molecule has 0 spiro atoms. The van der Waals surface area contributed by atoms with Gasteiger partial charge in [0.25, 0.3) is 10.0 Å². The number of benzene rings is 1. The van der Waals surface area contributed by atoms with E-state index in [9.17, 15) is 8.42 Å². The van der Waals surface area contributed by atoms with Crippen LogP contribution in [-0.4, -0.2) is 18.0 Å². The van der Waals surface area contributed by atoms with Crippen LogP contribution in [0.4, 0.5) is 0 Å². The molecule has 5 nitrogen and oxygen atoms in total. The lowest BCUT2D eigenvalue weighted by Gasteiger charge is -2.13. The van der Waals surface area contributed by atoms with Gasteiger partial charge in [-0.3, -0.25) is 0 Å². The van der Waals surface area contributed by atoms with Crippen LogP contribution in [-0.2, 0) is 23.5 Å². The van der Waals surface area contributed by atoms with Crippen LogP contribution in [0.15, 0.2) is 29.6 Å². The van der Waals surface area contributed by atoms with Crippen molar-refractivity contribution in [2.75, 3.05) is 0 Å². The van der Waals surface area contributed by atoms with Gasteiger partial charge in [0.15, 0.2) is 0 Å². The monoisotopic (exact) mass is 345 g/mol. The summed E-state index contributed by atoms with van der Waals surface area (Å²) in [6, 6.07) is 5.22. The number of nitrogens with one attached hydrogen (secondary N) is 1. The summed E-state index contributed by atoms with van der Waals surface area (Å²) < 4.78 is 28.9. The van der Waals surface area contributed by atoms with Crippen molar-refractivity contribution in [2.45, 2.75) is 23.9 Å². The van der Waals surface area contributed by atoms with Crippen LogP contribution in [0.2, 0.25) is 10.2 Å². The highest BCUT2D eigenvalue weighted by Gasteiger charge is 2.30. The van der Waals surface area contributed by atoms with E-state index in [1.165, 1.54) is 10.9 Å². The third-order valence-corrected chi connectivity index (χ3v) is 5.76. The molecule has 1 atom stereocenters. The van der Waals surface area contributed by atoms with Gasteiger partial charge >= 0.3 is 0 Å². The Kier molecular flexibility index (Phi) is 3.73. The lowest BCUT2D eigenvalue weighted by molar-refractivity contribution is 0.551. The van der Waals surface area contributed by atoms with Crippen molar-refractivity contribution in [2.24, 2.45) is 7.05 Å². The number of rotatable bonds is 3. The molecule has 3 rings (SSSR count). The first-order valence-corrected chi connectivity index (χ1v) is 8.60. The van der Waals surface area contributed by atoms with Gasteiger partial charge in [0.1, 0.15) is 5.15 Å². The van der Waals surface area contributed by atoms with Crippen LogP contribution in [0.5, 0.6) is 0 Å². The zero-order chi connectivity index (χ0) is 15.2. The summed E-state index contributed by atoms with van der Waals surface area (Å²) >= 11 is 11.9. The second-order valence-corrected chi connectivity index (χ2v) is 7.43. The summed E-state index contributed by atoms with van der Waals surface area (Å²) in [6.07, 6.45) is 2.86. The fraction of sp³-hybridized carbons (Fsp3) is 0.308. The van der Waals surface area contributed by atoms with Gasteiger partial charge in [-0.15, -0.1) is 0 Å². The quantitative estimate of drug-likeness (QED) is 0.929. The van der Waals surface area contributed by atoms with Crippen molar-refractivity contribution in [1.82, 2.24) is 14.3 Å². The summed E-state index contributed by atoms with van der Waals surface area (Å²) in [5, 5.41) is 0.607. The van der Waals surface area contributed by atoms with E-state index in [1.54, 1.807) is 13.1 Å². The van der Waals surface area contributed by atoms with Crippen molar-refractivity contribution in [1.29, 1.82) is 0 Å². The third-order valence-electron chi connectivity index (χ3n) is 3.57. The van der Waals surface area contributed by atoms with Gasteiger partial charge in [0.05, 0.1) is 6.33 Å². The number of hydrogen-bond donors (Lipinski definition) is 1. The maximum Gasteiger partial charge on any atom is 0.261 e. The van der Waals surface area contributed by atoms with E-state index in [-0.39, 0.29) is 16.2 Å². The number of sulfonamides is 1. The summed E-state index contributed by atoms with van der Waals surface area (Å²) in [7, 11) is -2.11. The van der Waals surface area contributed by atoms with Gasteiger partial charge in [-0.1, -0.05) is 29.3 Å². The zero-order valence-corrected chi connectivity index (χ0v) is 13.5. The van der Waals surface area contributed by atoms with Crippen LogP contribution in [0.3, 0.4) is 0 Å². The predicted octanol–water partition coefficient (Wildman–Crippen LogP) is 2.69. The van der Waals surface area contributed by atoms with Crippen molar-refractivity contribution < 1.29 is 8.42 Å². The fourth-order valence-electron chi connectivity index (χ4n) is 2.53. The number of hydrogen-bond acceptors (Lipinski definition) is 3. The Hall–Kier alpha value is -1.08. The van der Waals surface area contributed by atoms with E-state index in [4.69, 9.17) is 23.2 Å². The van der Waals surface area contributed by atoms with E-state index >= 15 is 0 Å². The Morgan fingerprint density at radius 2 is 2.14 bits per heavy atom. The molecule has 1 aliphatic rings. The third kappa shape index (κ3) is 2.68. The Morgan fingerprint density at radius 1 is 1.38 bits per heavy atom. The first-order chi connectivity index (χ1) is 9.88. The molecule has 8 heteroatoms. The van der Waals surface area contributed by atoms with Crippen LogP contribution < -0.4 is 4.72 Å². The van der Waals surface area contributed by atoms with Crippen molar-refractivity contribution >= 4 is 33.2 Å². The molecule has 0 aliphatic heterocycles. The first-order valence-electron chi connectivity index (χ1n) is 6.36. The van der Waals surface area contributed by atoms with Crippen LogP contribution in [0.1, 0.15) is 23.6 Å². The van der Waals surface area contributed by atoms with Crippen molar-refractivity contribution in [3.8, 4) is 0 Å². The molecule has 21 heavy (non-hydrogen) atoms. The summed E-state index contributed by atoms with van der Waals surface area (Å²) in [4.78, 5) is 3.86. The van der Waals surface area contributed by atoms with E-state index in [1.807, 2.05) is 12.1 Å². The highest BCUT2D eigenvalue weighted by Crippen LogP contribution is 2.34. The maximum atomic E-state index is 12.4. The van der Waals surface area contributed by atoms with Crippen molar-refractivity contribution in [3.63, 3.8) is 0 Å². The number of nitrogens with zero attached hydrogens (tertiary/aromatic N) is 2. The Balaban J connectivity index is 1.90. The summed E-state index contributed by atoms with van der Waals surface area (Å²) in [5.41, 5.74) is 2.03. The van der Waals surface area contributed by atoms with E-state index in [0.29, 0.717) is 11.4 Å². The van der Waals surface area contributed by atoms with Gasteiger partial charge in [-0.25, -0.2) is 18.1 Å². The van der Waals surface area contributed by atoms with Gasteiger partial charge in [0, 0.05) is 18.1 Å². The van der Waals surface area contributed by atoms with Gasteiger partial charge in [-0.05, 0) is 36.1 Å². The van der Waals surface area contributed by atoms with Gasteiger partial charge in [0.2, 0.25) is 5.03 Å². The number of aromatic nitrogens is 2. The summed E-state index contributed by atoms with van der Waals surface area (Å²) in [6.45, 7) is 0. The molecule has 0 amide bonds. The minimum atomic E-state index is -3.75. The lowest BCUT2D eigenvalue weighted by Crippen LogP contribution is -2.28. The normalized spacial score (nSPS) is 18.0. The van der Waals surface area contributed by atoms with Crippen LogP contribution in [0.25, 0.3) is 0 Å². The molecule has 0 saturated carbocycles. The molecule has 1 unspecified atom stereocenters. The lowest BCUT2D eigenvalue weighted by atomic mass is 10.1. The second-order valence-electron chi connectivity index (χ2n) is 5.01. The van der Waals surface area contributed by atoms with Crippen LogP contribution in [0, 0.1) is 0 Å². The highest BCUT2D eigenvalue weighted by molar-refractivity contribution is 7.89. The Morgan fingerprint density at radius 3 is 2.81 bits per heavy atom. The topological polar surface area (TPSA) is 64.0 Å². The molecule has 1 aromatic heterocycles. The first kappa shape index (κ1) is 14.8. The van der Waals surface area contributed by atoms with E-state index in [2.05, 4.69) is 9.71 Å². The van der Waals surface area contributed by atoms with E-state index in [0.717, 1.165) is 17.5 Å². The average Bonchev–Trinajstić information content (AvgIpc) is 2.94. The number of aryl methyl sites for hydroxylation is 2. The van der Waals surface area contributed by atoms with Crippen molar-refractivity contribution in [3.05, 3.63) is 45.8 Å². The molecule has 112 valence electrons. The van der Waals surface area contributed by atoms with Crippen LogP contribution >= 0.6 is 23.2 Å². The smallest absolute Gasteiger partial charge is 0.261 e. The van der Waals surface area contributed by atoms with Gasteiger partial charge in [-0.2, -0.15) is 0 Å². The molecule has 2 aromatic rings. The molecule has 0 fully saturated rings. The standard InChI is InChI=1S/C13H13Cl2N3O2S/c1-18-7-16-13(12(18)15)21(19,20)17-11-5-2-8-6-9(14)3-4-10(8)11/h3-4,6-7,11,17H,2,5H2,1H3. The number of imidazole rings is 1. The molecular weight excluding hydrogens is 333 g/mol. The molecule has 1 heterocycles. The average molecular weight is 346 g/mol. The molecular formula is C13H13Cl2N3O2S. The van der Waals surface area contributed by atoms with Gasteiger partial charge < -0.3 is 4.57 Å². The summed E-state index contributed by atoms with van der Waals surface area (Å²) in [5.74, 6) is 0. The molecule has 0 saturated heterocycles.